The maximum atomic E-state index is 11.9. The molecule has 0 spiro atoms. The zero-order valence-corrected chi connectivity index (χ0v) is 10.4. The summed E-state index contributed by atoms with van der Waals surface area (Å²) in [7, 11) is 0. The van der Waals surface area contributed by atoms with Gasteiger partial charge < -0.3 is 5.32 Å². The summed E-state index contributed by atoms with van der Waals surface area (Å²) >= 11 is 1.51. The zero-order valence-electron chi connectivity index (χ0n) is 9.62. The van der Waals surface area contributed by atoms with Crippen LogP contribution in [0.2, 0.25) is 0 Å². The molecule has 1 N–H and O–H groups in total. The Morgan fingerprint density at radius 2 is 2.16 bits per heavy atom. The van der Waals surface area contributed by atoms with Gasteiger partial charge in [0.1, 0.15) is 0 Å². The van der Waals surface area contributed by atoms with Crippen molar-refractivity contribution in [2.75, 3.05) is 5.32 Å². The smallest absolute Gasteiger partial charge is 0.270 e. The van der Waals surface area contributed by atoms with Crippen LogP contribution in [0.15, 0.2) is 35.7 Å². The van der Waals surface area contributed by atoms with Crippen molar-refractivity contribution in [3.63, 3.8) is 0 Å². The second-order valence-corrected chi connectivity index (χ2v) is 4.99. The molecule has 0 saturated carbocycles. The molecule has 5 nitrogen and oxygen atoms in total. The Balaban J connectivity index is 2.12. The second kappa shape index (κ2) is 4.33. The molecule has 0 fully saturated rings. The molecular formula is C13H8N2O3S. The highest BCUT2D eigenvalue weighted by Gasteiger charge is 2.26. The summed E-state index contributed by atoms with van der Waals surface area (Å²) in [6.45, 7) is 0. The molecule has 0 radical (unpaired) electrons. The normalized spacial score (nSPS) is 15.4. The van der Waals surface area contributed by atoms with Crippen molar-refractivity contribution in [1.29, 1.82) is 0 Å². The molecule has 0 bridgehead atoms. The summed E-state index contributed by atoms with van der Waals surface area (Å²) in [6, 6.07) is 8.14. The van der Waals surface area contributed by atoms with Gasteiger partial charge in [-0.1, -0.05) is 6.07 Å². The van der Waals surface area contributed by atoms with Gasteiger partial charge in [0.05, 0.1) is 10.5 Å². The van der Waals surface area contributed by atoms with Gasteiger partial charge in [-0.15, -0.1) is 11.3 Å². The lowest BCUT2D eigenvalue weighted by molar-refractivity contribution is -0.384. The highest BCUT2D eigenvalue weighted by Crippen LogP contribution is 2.35. The molecule has 1 aromatic carbocycles. The highest BCUT2D eigenvalue weighted by atomic mass is 32.1. The van der Waals surface area contributed by atoms with Crippen molar-refractivity contribution in [2.24, 2.45) is 0 Å². The van der Waals surface area contributed by atoms with Crippen LogP contribution in [0.25, 0.3) is 11.6 Å². The number of hydrogen-bond acceptors (Lipinski definition) is 4. The Bertz CT molecular complexity index is 705. The van der Waals surface area contributed by atoms with Crippen molar-refractivity contribution in [2.45, 2.75) is 0 Å². The Morgan fingerprint density at radius 1 is 1.32 bits per heavy atom. The van der Waals surface area contributed by atoms with Crippen LogP contribution in [0.3, 0.4) is 0 Å². The fraction of sp³-hybridized carbons (Fsp3) is 0. The molecule has 0 saturated heterocycles. The van der Waals surface area contributed by atoms with Crippen LogP contribution in [0.5, 0.6) is 0 Å². The summed E-state index contributed by atoms with van der Waals surface area (Å²) in [4.78, 5) is 23.2. The number of rotatable bonds is 2. The highest BCUT2D eigenvalue weighted by molar-refractivity contribution is 7.11. The number of carbonyl (C=O) groups is 1. The lowest BCUT2D eigenvalue weighted by atomic mass is 10.1. The molecule has 94 valence electrons. The lowest BCUT2D eigenvalue weighted by Gasteiger charge is -1.98. The minimum Gasteiger partial charge on any atom is -0.321 e. The number of amides is 1. The van der Waals surface area contributed by atoms with Crippen LogP contribution in [0.1, 0.15) is 10.4 Å². The van der Waals surface area contributed by atoms with E-state index < -0.39 is 4.92 Å². The molecule has 0 aliphatic carbocycles. The average Bonchev–Trinajstić information content (AvgIpc) is 2.98. The van der Waals surface area contributed by atoms with E-state index in [0.29, 0.717) is 16.8 Å². The van der Waals surface area contributed by atoms with Crippen molar-refractivity contribution in [3.05, 3.63) is 56.3 Å². The van der Waals surface area contributed by atoms with E-state index in [0.717, 1.165) is 4.88 Å². The van der Waals surface area contributed by atoms with Gasteiger partial charge in [-0.05, 0) is 23.6 Å². The zero-order chi connectivity index (χ0) is 13.4. The van der Waals surface area contributed by atoms with Gasteiger partial charge in [-0.25, -0.2) is 0 Å². The molecule has 1 aromatic heterocycles. The maximum Gasteiger partial charge on any atom is 0.270 e. The minimum atomic E-state index is -0.466. The number of nitro groups is 1. The summed E-state index contributed by atoms with van der Waals surface area (Å²) in [5.74, 6) is -0.233. The van der Waals surface area contributed by atoms with Crippen molar-refractivity contribution in [1.82, 2.24) is 0 Å². The van der Waals surface area contributed by atoms with Gasteiger partial charge in [-0.3, -0.25) is 14.9 Å². The molecule has 1 amide bonds. The quantitative estimate of drug-likeness (QED) is 0.518. The monoisotopic (exact) mass is 272 g/mol. The predicted octanol–water partition coefficient (Wildman–Crippen LogP) is 3.15. The number of nitrogens with one attached hydrogen (secondary N) is 1. The van der Waals surface area contributed by atoms with Crippen molar-refractivity contribution >= 4 is 40.3 Å². The summed E-state index contributed by atoms with van der Waals surface area (Å²) in [5.41, 5.74) is 1.62. The summed E-state index contributed by atoms with van der Waals surface area (Å²) < 4.78 is 0. The first-order valence-electron chi connectivity index (χ1n) is 5.50. The van der Waals surface area contributed by atoms with E-state index in [1.807, 2.05) is 17.5 Å². The largest absolute Gasteiger partial charge is 0.321 e. The summed E-state index contributed by atoms with van der Waals surface area (Å²) in [5, 5.41) is 15.4. The van der Waals surface area contributed by atoms with Crippen molar-refractivity contribution in [3.8, 4) is 0 Å². The first kappa shape index (κ1) is 11.6. The molecule has 2 heterocycles. The fourth-order valence-corrected chi connectivity index (χ4v) is 2.61. The Hall–Kier alpha value is -2.47. The van der Waals surface area contributed by atoms with Crippen LogP contribution in [-0.2, 0) is 4.79 Å². The minimum absolute atomic E-state index is 0.0210. The SMILES string of the molecule is O=C1Nc2ccc([N+](=O)[O-])cc2/C1=C\c1cccs1. The van der Waals surface area contributed by atoms with Gasteiger partial charge >= 0.3 is 0 Å². The Kier molecular flexibility index (Phi) is 2.64. The molecule has 3 rings (SSSR count). The van der Waals surface area contributed by atoms with Gasteiger partial charge in [0.2, 0.25) is 0 Å². The second-order valence-electron chi connectivity index (χ2n) is 4.01. The van der Waals surface area contributed by atoms with E-state index in [4.69, 9.17) is 0 Å². The molecule has 6 heteroatoms. The first-order chi connectivity index (χ1) is 9.15. The third kappa shape index (κ3) is 2.02. The molecular weight excluding hydrogens is 264 g/mol. The third-order valence-electron chi connectivity index (χ3n) is 2.83. The number of nitro benzene ring substituents is 1. The number of benzene rings is 1. The van der Waals surface area contributed by atoms with E-state index in [-0.39, 0.29) is 11.6 Å². The van der Waals surface area contributed by atoms with Gasteiger partial charge in [-0.2, -0.15) is 0 Å². The number of thiophene rings is 1. The molecule has 0 atom stereocenters. The predicted molar refractivity (Wildman–Crippen MR) is 73.9 cm³/mol. The molecule has 19 heavy (non-hydrogen) atoms. The van der Waals surface area contributed by atoms with E-state index in [2.05, 4.69) is 5.32 Å². The number of nitrogens with zero attached hydrogens (tertiary/aromatic N) is 1. The van der Waals surface area contributed by atoms with E-state index in [1.54, 1.807) is 12.1 Å². The third-order valence-corrected chi connectivity index (χ3v) is 3.65. The van der Waals surface area contributed by atoms with Crippen LogP contribution in [-0.4, -0.2) is 10.8 Å². The van der Waals surface area contributed by atoms with E-state index in [1.165, 1.54) is 23.5 Å². The van der Waals surface area contributed by atoms with E-state index in [9.17, 15) is 14.9 Å². The van der Waals surface area contributed by atoms with Crippen LogP contribution < -0.4 is 5.32 Å². The molecule has 2 aromatic rings. The Morgan fingerprint density at radius 3 is 2.84 bits per heavy atom. The van der Waals surface area contributed by atoms with Crippen LogP contribution in [0, 0.1) is 10.1 Å². The van der Waals surface area contributed by atoms with Gasteiger partial charge in [0.25, 0.3) is 11.6 Å². The lowest BCUT2D eigenvalue weighted by Crippen LogP contribution is -2.03. The average molecular weight is 272 g/mol. The van der Waals surface area contributed by atoms with E-state index >= 15 is 0 Å². The van der Waals surface area contributed by atoms with Gasteiger partial charge in [0, 0.05) is 28.3 Å². The fourth-order valence-electron chi connectivity index (χ4n) is 1.95. The number of non-ortho nitro benzene ring substituents is 1. The van der Waals surface area contributed by atoms with Crippen LogP contribution >= 0.6 is 11.3 Å². The number of carbonyl (C=O) groups excluding carboxylic acids is 1. The first-order valence-corrected chi connectivity index (χ1v) is 6.38. The number of hydrogen-bond donors (Lipinski definition) is 1. The van der Waals surface area contributed by atoms with Gasteiger partial charge in [0.15, 0.2) is 0 Å². The summed E-state index contributed by atoms with van der Waals surface area (Å²) in [6.07, 6.45) is 1.75. The molecule has 1 aliphatic rings. The number of fused-ring (bicyclic) bond motifs is 1. The van der Waals surface area contributed by atoms with Crippen molar-refractivity contribution < 1.29 is 9.72 Å². The Labute approximate surface area is 112 Å². The molecule has 1 aliphatic heterocycles. The standard InChI is InChI=1S/C13H8N2O3S/c16-13-11(7-9-2-1-5-19-9)10-6-8(15(17)18)3-4-12(10)14-13/h1-7H,(H,14,16)/b11-7+. The molecule has 0 unspecified atom stereocenters. The van der Waals surface area contributed by atoms with Crippen LogP contribution in [0.4, 0.5) is 11.4 Å². The number of anilines is 1. The maximum absolute atomic E-state index is 11.9. The topological polar surface area (TPSA) is 72.2 Å².